The van der Waals surface area contributed by atoms with Crippen LogP contribution in [0.5, 0.6) is 0 Å². The van der Waals surface area contributed by atoms with Crippen LogP contribution in [-0.2, 0) is 6.42 Å². The third-order valence-electron chi connectivity index (χ3n) is 3.37. The molecule has 1 aromatic rings. The summed E-state index contributed by atoms with van der Waals surface area (Å²) >= 11 is 0. The van der Waals surface area contributed by atoms with Crippen molar-refractivity contribution >= 4 is 0 Å². The zero-order valence-corrected chi connectivity index (χ0v) is 9.71. The van der Waals surface area contributed by atoms with Gasteiger partial charge in [-0.25, -0.2) is 4.39 Å². The van der Waals surface area contributed by atoms with Gasteiger partial charge in [0, 0.05) is 6.04 Å². The standard InChI is InChI=1S/C14H20FN/c15-13-8-6-12(7-9-13)10-11-16-14-4-2-1-3-5-14/h6-9,14,16H,1-5,10-11H2. The molecule has 0 bridgehead atoms. The van der Waals surface area contributed by atoms with E-state index in [4.69, 9.17) is 0 Å². The molecule has 0 aliphatic heterocycles. The first-order valence-corrected chi connectivity index (χ1v) is 6.32. The number of benzene rings is 1. The Hall–Kier alpha value is -0.890. The van der Waals surface area contributed by atoms with E-state index in [1.54, 1.807) is 0 Å². The van der Waals surface area contributed by atoms with Gasteiger partial charge in [-0.15, -0.1) is 0 Å². The molecule has 1 fully saturated rings. The topological polar surface area (TPSA) is 12.0 Å². The Balaban J connectivity index is 1.69. The summed E-state index contributed by atoms with van der Waals surface area (Å²) in [5.41, 5.74) is 1.21. The first kappa shape index (κ1) is 11.6. The monoisotopic (exact) mass is 221 g/mol. The van der Waals surface area contributed by atoms with E-state index in [0.29, 0.717) is 6.04 Å². The predicted molar refractivity (Wildman–Crippen MR) is 65.0 cm³/mol. The van der Waals surface area contributed by atoms with Crippen LogP contribution in [0.3, 0.4) is 0 Å². The Kier molecular flexibility index (Phi) is 4.34. The van der Waals surface area contributed by atoms with Crippen molar-refractivity contribution in [3.63, 3.8) is 0 Å². The largest absolute Gasteiger partial charge is 0.314 e. The lowest BCUT2D eigenvalue weighted by atomic mass is 9.95. The van der Waals surface area contributed by atoms with E-state index < -0.39 is 0 Å². The maximum absolute atomic E-state index is 12.7. The second-order valence-corrected chi connectivity index (χ2v) is 4.67. The van der Waals surface area contributed by atoms with Gasteiger partial charge in [-0.3, -0.25) is 0 Å². The van der Waals surface area contributed by atoms with Gasteiger partial charge >= 0.3 is 0 Å². The Bertz CT molecular complexity index is 301. The quantitative estimate of drug-likeness (QED) is 0.822. The molecule has 0 spiro atoms. The lowest BCUT2D eigenvalue weighted by Gasteiger charge is -2.22. The fraction of sp³-hybridized carbons (Fsp3) is 0.571. The van der Waals surface area contributed by atoms with Crippen molar-refractivity contribution in [1.82, 2.24) is 5.32 Å². The highest BCUT2D eigenvalue weighted by Crippen LogP contribution is 2.17. The molecule has 0 heterocycles. The molecular weight excluding hydrogens is 201 g/mol. The molecule has 2 rings (SSSR count). The first-order valence-electron chi connectivity index (χ1n) is 6.32. The fourth-order valence-electron chi connectivity index (χ4n) is 2.38. The Morgan fingerprint density at radius 3 is 2.44 bits per heavy atom. The summed E-state index contributed by atoms with van der Waals surface area (Å²) in [7, 11) is 0. The molecule has 0 atom stereocenters. The van der Waals surface area contributed by atoms with Gasteiger partial charge in [0.1, 0.15) is 5.82 Å². The average molecular weight is 221 g/mol. The van der Waals surface area contributed by atoms with Crippen molar-refractivity contribution in [2.24, 2.45) is 0 Å². The molecule has 0 saturated heterocycles. The van der Waals surface area contributed by atoms with E-state index in [9.17, 15) is 4.39 Å². The van der Waals surface area contributed by atoms with E-state index in [1.165, 1.54) is 49.8 Å². The number of nitrogens with one attached hydrogen (secondary N) is 1. The molecule has 0 amide bonds. The van der Waals surface area contributed by atoms with Gasteiger partial charge in [-0.2, -0.15) is 0 Å². The van der Waals surface area contributed by atoms with Crippen LogP contribution in [0.15, 0.2) is 24.3 Å². The summed E-state index contributed by atoms with van der Waals surface area (Å²) in [5, 5.41) is 3.59. The smallest absolute Gasteiger partial charge is 0.123 e. The second-order valence-electron chi connectivity index (χ2n) is 4.67. The van der Waals surface area contributed by atoms with E-state index >= 15 is 0 Å². The minimum atomic E-state index is -0.149. The summed E-state index contributed by atoms with van der Waals surface area (Å²) in [4.78, 5) is 0. The average Bonchev–Trinajstić information content (AvgIpc) is 2.33. The maximum Gasteiger partial charge on any atom is 0.123 e. The fourth-order valence-corrected chi connectivity index (χ4v) is 2.38. The van der Waals surface area contributed by atoms with Gasteiger partial charge in [0.2, 0.25) is 0 Å². The Labute approximate surface area is 97.1 Å². The molecule has 1 saturated carbocycles. The van der Waals surface area contributed by atoms with Crippen LogP contribution < -0.4 is 5.32 Å². The number of hydrogen-bond acceptors (Lipinski definition) is 1. The Morgan fingerprint density at radius 2 is 1.75 bits per heavy atom. The maximum atomic E-state index is 12.7. The van der Waals surface area contributed by atoms with E-state index in [2.05, 4.69) is 5.32 Å². The van der Waals surface area contributed by atoms with Gasteiger partial charge in [0.25, 0.3) is 0 Å². The zero-order chi connectivity index (χ0) is 11.2. The molecule has 16 heavy (non-hydrogen) atoms. The van der Waals surface area contributed by atoms with Crippen LogP contribution in [0.25, 0.3) is 0 Å². The molecule has 88 valence electrons. The lowest BCUT2D eigenvalue weighted by molar-refractivity contribution is 0.375. The van der Waals surface area contributed by atoms with Crippen molar-refractivity contribution in [3.8, 4) is 0 Å². The molecule has 1 aliphatic carbocycles. The van der Waals surface area contributed by atoms with Crippen LogP contribution in [0.1, 0.15) is 37.7 Å². The van der Waals surface area contributed by atoms with Crippen LogP contribution in [0.4, 0.5) is 4.39 Å². The molecule has 1 N–H and O–H groups in total. The van der Waals surface area contributed by atoms with Crippen molar-refractivity contribution in [3.05, 3.63) is 35.6 Å². The van der Waals surface area contributed by atoms with Crippen LogP contribution in [0.2, 0.25) is 0 Å². The SMILES string of the molecule is Fc1ccc(CCNC2CCCCC2)cc1. The molecule has 0 aromatic heterocycles. The van der Waals surface area contributed by atoms with Gasteiger partial charge in [-0.1, -0.05) is 31.4 Å². The van der Waals surface area contributed by atoms with Crippen LogP contribution >= 0.6 is 0 Å². The van der Waals surface area contributed by atoms with Gasteiger partial charge in [-0.05, 0) is 43.5 Å². The van der Waals surface area contributed by atoms with Gasteiger partial charge < -0.3 is 5.32 Å². The molecule has 0 radical (unpaired) electrons. The third kappa shape index (κ3) is 3.60. The molecule has 1 aliphatic rings. The minimum absolute atomic E-state index is 0.149. The van der Waals surface area contributed by atoms with Crippen molar-refractivity contribution in [2.45, 2.75) is 44.6 Å². The zero-order valence-electron chi connectivity index (χ0n) is 9.71. The lowest BCUT2D eigenvalue weighted by Crippen LogP contribution is -2.32. The molecule has 0 unspecified atom stereocenters. The van der Waals surface area contributed by atoms with E-state index in [-0.39, 0.29) is 5.82 Å². The summed E-state index contributed by atoms with van der Waals surface area (Å²) in [6.45, 7) is 1.01. The van der Waals surface area contributed by atoms with Gasteiger partial charge in [0.05, 0.1) is 0 Å². The molecule has 2 heteroatoms. The van der Waals surface area contributed by atoms with E-state index in [1.807, 2.05) is 12.1 Å². The van der Waals surface area contributed by atoms with Crippen molar-refractivity contribution in [1.29, 1.82) is 0 Å². The highest BCUT2D eigenvalue weighted by molar-refractivity contribution is 5.16. The number of hydrogen-bond donors (Lipinski definition) is 1. The predicted octanol–water partition coefficient (Wildman–Crippen LogP) is 3.29. The minimum Gasteiger partial charge on any atom is -0.314 e. The van der Waals surface area contributed by atoms with Gasteiger partial charge in [0.15, 0.2) is 0 Å². The van der Waals surface area contributed by atoms with Crippen molar-refractivity contribution in [2.75, 3.05) is 6.54 Å². The third-order valence-corrected chi connectivity index (χ3v) is 3.37. The summed E-state index contributed by atoms with van der Waals surface area (Å²) in [6, 6.07) is 7.54. The van der Waals surface area contributed by atoms with E-state index in [0.717, 1.165) is 13.0 Å². The highest BCUT2D eigenvalue weighted by Gasteiger charge is 2.11. The summed E-state index contributed by atoms with van der Waals surface area (Å²) in [5.74, 6) is -0.149. The Morgan fingerprint density at radius 1 is 1.06 bits per heavy atom. The molecular formula is C14H20FN. The van der Waals surface area contributed by atoms with Crippen LogP contribution in [0, 0.1) is 5.82 Å². The second kappa shape index (κ2) is 6.00. The van der Waals surface area contributed by atoms with Crippen LogP contribution in [-0.4, -0.2) is 12.6 Å². The number of rotatable bonds is 4. The molecule has 1 nitrogen and oxygen atoms in total. The summed E-state index contributed by atoms with van der Waals surface area (Å²) < 4.78 is 12.7. The molecule has 1 aromatic carbocycles. The normalized spacial score (nSPS) is 17.6. The van der Waals surface area contributed by atoms with Crippen molar-refractivity contribution < 1.29 is 4.39 Å². The highest BCUT2D eigenvalue weighted by atomic mass is 19.1. The summed E-state index contributed by atoms with van der Waals surface area (Å²) in [6.07, 6.45) is 7.78. The number of halogens is 1. The first-order chi connectivity index (χ1) is 7.84.